The van der Waals surface area contributed by atoms with Crippen LogP contribution in [0.15, 0.2) is 18.3 Å². The number of benzene rings is 1. The summed E-state index contributed by atoms with van der Waals surface area (Å²) < 4.78 is 1.76. The van der Waals surface area contributed by atoms with Crippen molar-refractivity contribution in [2.75, 3.05) is 0 Å². The maximum absolute atomic E-state index is 9.10. The quantitative estimate of drug-likeness (QED) is 0.599. The van der Waals surface area contributed by atoms with E-state index in [9.17, 15) is 0 Å². The first kappa shape index (κ1) is 9.24. The maximum atomic E-state index is 9.10. The van der Waals surface area contributed by atoms with Gasteiger partial charge < -0.3 is 10.0 Å². The Balaban J connectivity index is 2.72. The molecule has 0 aliphatic heterocycles. The number of fused-ring (bicyclic) bond motifs is 1. The highest BCUT2D eigenvalue weighted by atomic mass is 16.4. The van der Waals surface area contributed by atoms with E-state index in [0.29, 0.717) is 5.46 Å². The normalized spacial score (nSPS) is 10.9. The van der Waals surface area contributed by atoms with E-state index in [1.807, 2.05) is 20.0 Å². The number of nitrogens with zero attached hydrogens (tertiary/aromatic N) is 2. The topological polar surface area (TPSA) is 58.3 Å². The van der Waals surface area contributed by atoms with Crippen LogP contribution in [0.2, 0.25) is 0 Å². The van der Waals surface area contributed by atoms with E-state index in [1.165, 1.54) is 0 Å². The van der Waals surface area contributed by atoms with Crippen LogP contribution in [0.4, 0.5) is 0 Å². The molecule has 1 aromatic carbocycles. The van der Waals surface area contributed by atoms with Crippen LogP contribution in [0, 0.1) is 6.92 Å². The highest BCUT2D eigenvalue weighted by Crippen LogP contribution is 2.12. The zero-order valence-electron chi connectivity index (χ0n) is 8.10. The number of aromatic nitrogens is 2. The second-order valence-corrected chi connectivity index (χ2v) is 3.41. The fourth-order valence-corrected chi connectivity index (χ4v) is 1.60. The van der Waals surface area contributed by atoms with Crippen molar-refractivity contribution in [1.29, 1.82) is 0 Å². The van der Waals surface area contributed by atoms with Crippen LogP contribution in [0.5, 0.6) is 0 Å². The van der Waals surface area contributed by atoms with E-state index in [0.717, 1.165) is 16.5 Å². The molecule has 2 rings (SSSR count). The molecule has 0 atom stereocenters. The van der Waals surface area contributed by atoms with Gasteiger partial charge in [-0.1, -0.05) is 6.07 Å². The molecule has 4 nitrogen and oxygen atoms in total. The largest absolute Gasteiger partial charge is 0.488 e. The van der Waals surface area contributed by atoms with Crippen LogP contribution in [-0.4, -0.2) is 26.9 Å². The highest BCUT2D eigenvalue weighted by Gasteiger charge is 2.15. The third kappa shape index (κ3) is 1.30. The summed E-state index contributed by atoms with van der Waals surface area (Å²) in [6, 6.07) is 3.65. The van der Waals surface area contributed by atoms with Gasteiger partial charge in [0.25, 0.3) is 0 Å². The lowest BCUT2D eigenvalue weighted by molar-refractivity contribution is 0.425. The van der Waals surface area contributed by atoms with Crippen molar-refractivity contribution >= 4 is 23.5 Å². The van der Waals surface area contributed by atoms with Gasteiger partial charge in [-0.3, -0.25) is 4.68 Å². The number of rotatable bonds is 1. The molecule has 2 N–H and O–H groups in total. The molecule has 0 saturated carbocycles. The van der Waals surface area contributed by atoms with Crippen molar-refractivity contribution in [2.45, 2.75) is 6.92 Å². The molecule has 72 valence electrons. The summed E-state index contributed by atoms with van der Waals surface area (Å²) in [4.78, 5) is 0. The molecule has 0 fully saturated rings. The lowest BCUT2D eigenvalue weighted by Gasteiger charge is -2.04. The van der Waals surface area contributed by atoms with Gasteiger partial charge in [0.2, 0.25) is 0 Å². The van der Waals surface area contributed by atoms with E-state index < -0.39 is 7.12 Å². The smallest absolute Gasteiger partial charge is 0.423 e. The summed E-state index contributed by atoms with van der Waals surface area (Å²) in [5.41, 5.74) is 2.38. The van der Waals surface area contributed by atoms with Crippen molar-refractivity contribution < 1.29 is 10.0 Å². The van der Waals surface area contributed by atoms with Crippen LogP contribution in [0.3, 0.4) is 0 Å². The molecule has 5 heteroatoms. The Hall–Kier alpha value is -1.33. The van der Waals surface area contributed by atoms with Gasteiger partial charge in [-0.15, -0.1) is 0 Å². The average Bonchev–Trinajstić information content (AvgIpc) is 2.46. The van der Waals surface area contributed by atoms with Crippen molar-refractivity contribution in [3.8, 4) is 0 Å². The predicted molar refractivity (Wildman–Crippen MR) is 55.3 cm³/mol. The number of aryl methyl sites for hydroxylation is 2. The predicted octanol–water partition coefficient (Wildman–Crippen LogP) is -0.438. The third-order valence-electron chi connectivity index (χ3n) is 2.41. The van der Waals surface area contributed by atoms with Gasteiger partial charge in [-0.2, -0.15) is 5.10 Å². The Morgan fingerprint density at radius 3 is 2.71 bits per heavy atom. The fourth-order valence-electron chi connectivity index (χ4n) is 1.60. The standard InChI is InChI=1S/C9H11BN2O2/c1-6-3-9-7(5-11-12(9)2)4-8(6)10(13)14/h3-5,13-14H,1-2H3. The van der Waals surface area contributed by atoms with Gasteiger partial charge in [0, 0.05) is 12.4 Å². The summed E-state index contributed by atoms with van der Waals surface area (Å²) in [6.45, 7) is 1.85. The summed E-state index contributed by atoms with van der Waals surface area (Å²) in [7, 11) is 0.441. The van der Waals surface area contributed by atoms with Gasteiger partial charge in [-0.25, -0.2) is 0 Å². The second-order valence-electron chi connectivity index (χ2n) is 3.41. The van der Waals surface area contributed by atoms with Crippen LogP contribution in [0.25, 0.3) is 10.9 Å². The molecule has 0 aliphatic carbocycles. The van der Waals surface area contributed by atoms with Crippen molar-refractivity contribution in [2.24, 2.45) is 7.05 Å². The van der Waals surface area contributed by atoms with Gasteiger partial charge in [0.1, 0.15) is 0 Å². The Bertz CT molecular complexity index is 479. The first-order valence-corrected chi connectivity index (χ1v) is 4.38. The molecule has 1 heterocycles. The highest BCUT2D eigenvalue weighted by molar-refractivity contribution is 6.59. The zero-order valence-corrected chi connectivity index (χ0v) is 8.10. The SMILES string of the molecule is Cc1cc2c(cnn2C)cc1B(O)O. The first-order valence-electron chi connectivity index (χ1n) is 4.38. The molecule has 0 radical (unpaired) electrons. The van der Waals surface area contributed by atoms with Gasteiger partial charge in [0.15, 0.2) is 0 Å². The Morgan fingerprint density at radius 2 is 2.07 bits per heavy atom. The molecule has 0 spiro atoms. The third-order valence-corrected chi connectivity index (χ3v) is 2.41. The van der Waals surface area contributed by atoms with Crippen LogP contribution in [0.1, 0.15) is 5.56 Å². The Kier molecular flexibility index (Phi) is 2.05. The maximum Gasteiger partial charge on any atom is 0.488 e. The van der Waals surface area contributed by atoms with Crippen LogP contribution >= 0.6 is 0 Å². The second kappa shape index (κ2) is 3.11. The molecule has 14 heavy (non-hydrogen) atoms. The molecule has 0 bridgehead atoms. The van der Waals surface area contributed by atoms with E-state index in [1.54, 1.807) is 16.9 Å². The molecular weight excluding hydrogens is 179 g/mol. The summed E-state index contributed by atoms with van der Waals surface area (Å²) >= 11 is 0. The molecular formula is C9H11BN2O2. The van der Waals surface area contributed by atoms with E-state index >= 15 is 0 Å². The fraction of sp³-hybridized carbons (Fsp3) is 0.222. The zero-order chi connectivity index (χ0) is 10.3. The van der Waals surface area contributed by atoms with Crippen molar-refractivity contribution in [3.05, 3.63) is 23.9 Å². The lowest BCUT2D eigenvalue weighted by Crippen LogP contribution is -2.31. The average molecular weight is 190 g/mol. The summed E-state index contributed by atoms with van der Waals surface area (Å²) in [6.07, 6.45) is 1.71. The van der Waals surface area contributed by atoms with Crippen LogP contribution in [-0.2, 0) is 7.05 Å². The van der Waals surface area contributed by atoms with Gasteiger partial charge in [-0.05, 0) is 24.0 Å². The minimum Gasteiger partial charge on any atom is -0.423 e. The monoisotopic (exact) mass is 190 g/mol. The van der Waals surface area contributed by atoms with Crippen LogP contribution < -0.4 is 5.46 Å². The van der Waals surface area contributed by atoms with E-state index in [-0.39, 0.29) is 0 Å². The molecule has 0 aliphatic rings. The minimum atomic E-state index is -1.42. The minimum absolute atomic E-state index is 0.533. The number of hydrogen-bond donors (Lipinski definition) is 2. The summed E-state index contributed by atoms with van der Waals surface area (Å²) in [5, 5.41) is 23.2. The Labute approximate surface area is 81.9 Å². The molecule has 0 amide bonds. The molecule has 2 aromatic rings. The summed E-state index contributed by atoms with van der Waals surface area (Å²) in [5.74, 6) is 0. The van der Waals surface area contributed by atoms with E-state index in [4.69, 9.17) is 10.0 Å². The Morgan fingerprint density at radius 1 is 1.36 bits per heavy atom. The van der Waals surface area contributed by atoms with E-state index in [2.05, 4.69) is 5.10 Å². The first-order chi connectivity index (χ1) is 6.59. The number of hydrogen-bond acceptors (Lipinski definition) is 3. The molecule has 0 saturated heterocycles. The van der Waals surface area contributed by atoms with Crippen molar-refractivity contribution in [3.63, 3.8) is 0 Å². The van der Waals surface area contributed by atoms with Gasteiger partial charge in [0.05, 0.1) is 11.7 Å². The molecule has 0 unspecified atom stereocenters. The van der Waals surface area contributed by atoms with Gasteiger partial charge >= 0.3 is 7.12 Å². The molecule has 1 aromatic heterocycles. The lowest BCUT2D eigenvalue weighted by atomic mass is 9.77. The van der Waals surface area contributed by atoms with Crippen molar-refractivity contribution in [1.82, 2.24) is 9.78 Å².